The molecular formula is C69H120O14. The van der Waals surface area contributed by atoms with Crippen molar-refractivity contribution in [1.82, 2.24) is 0 Å². The summed E-state index contributed by atoms with van der Waals surface area (Å²) in [5.74, 6) is -0.389. The number of hydrogen-bond donors (Lipinski definition) is 7. The fourth-order valence-electron chi connectivity index (χ4n) is 10.2. The number of aliphatic hydroxyl groups excluding tert-OH is 7. The fraction of sp³-hybridized carbons (Fsp3) is 0.783. The normalized spacial score (nSPS) is 24.0. The van der Waals surface area contributed by atoms with Crippen LogP contribution in [0.5, 0.6) is 0 Å². The molecular weight excluding hydrogens is 1050 g/mol. The van der Waals surface area contributed by atoms with Crippen LogP contribution in [0.3, 0.4) is 0 Å². The van der Waals surface area contributed by atoms with E-state index in [0.29, 0.717) is 13.0 Å². The number of unbranched alkanes of at least 4 members (excludes halogenated alkanes) is 26. The zero-order valence-electron chi connectivity index (χ0n) is 51.9. The largest absolute Gasteiger partial charge is 0.457 e. The summed E-state index contributed by atoms with van der Waals surface area (Å²) in [6.07, 6.45) is 56.6. The quantitative estimate of drug-likeness (QED) is 0.0171. The van der Waals surface area contributed by atoms with Crippen molar-refractivity contribution >= 4 is 5.97 Å². The predicted octanol–water partition coefficient (Wildman–Crippen LogP) is 13.5. The predicted molar refractivity (Wildman–Crippen MR) is 335 cm³/mol. The summed E-state index contributed by atoms with van der Waals surface area (Å²) in [5, 5.41) is 72.5. The monoisotopic (exact) mass is 1170 g/mol. The minimum absolute atomic E-state index is 0.0291. The first-order valence-corrected chi connectivity index (χ1v) is 33.2. The van der Waals surface area contributed by atoms with Crippen LogP contribution >= 0.6 is 0 Å². The zero-order valence-corrected chi connectivity index (χ0v) is 51.9. The molecule has 7 N–H and O–H groups in total. The maximum Gasteiger partial charge on any atom is 0.306 e. The Kier molecular flexibility index (Phi) is 50.1. The number of allylic oxidation sites excluding steroid dienone is 14. The molecule has 2 aliphatic rings. The Balaban J connectivity index is 1.69. The van der Waals surface area contributed by atoms with Crippen molar-refractivity contribution in [2.75, 3.05) is 33.0 Å². The van der Waals surface area contributed by atoms with E-state index >= 15 is 0 Å². The summed E-state index contributed by atoms with van der Waals surface area (Å²) in [6.45, 7) is 3.49. The Morgan fingerprint density at radius 1 is 0.410 bits per heavy atom. The average Bonchev–Trinajstić information content (AvgIpc) is 3.67. The second kappa shape index (κ2) is 54.6. The van der Waals surface area contributed by atoms with E-state index in [1.54, 1.807) is 0 Å². The van der Waals surface area contributed by atoms with Crippen LogP contribution in [0.1, 0.15) is 245 Å². The smallest absolute Gasteiger partial charge is 0.306 e. The number of rotatable bonds is 54. The van der Waals surface area contributed by atoms with Gasteiger partial charge in [0.2, 0.25) is 0 Å². The molecule has 2 rings (SSSR count). The van der Waals surface area contributed by atoms with Crippen LogP contribution in [0.2, 0.25) is 0 Å². The van der Waals surface area contributed by atoms with Crippen molar-refractivity contribution in [1.29, 1.82) is 0 Å². The van der Waals surface area contributed by atoms with Crippen LogP contribution in [0.25, 0.3) is 0 Å². The molecule has 11 unspecified atom stereocenters. The molecule has 0 aliphatic carbocycles. The molecule has 0 aromatic rings. The standard InChI is InChI=1S/C69H120O14/c1-3-5-7-9-11-13-15-17-19-21-23-25-27-29-30-32-34-36-38-40-42-44-46-48-50-52-61(71)81-58(56-79-68-67(77)65(75)63(73)60(83-68)57-80-69-66(76)64(74)62(72)59(54-70)82-69)55-78-53-51-49-47-45-43-41-39-37-35-33-31-28-26-24-22-20-18-16-14-12-10-8-6-4-2/h6,8,12,14,18,20,24,26,31,33,37,39,43,45,58-60,62-70,72-77H,3-5,7,9-11,13,15-17,19,21-23,25,27-30,32,34-36,38,40-42,44,46-57H2,1-2H3/b8-6-,14-12-,20-18-,26-24-,33-31-,39-37-,45-43-. The van der Waals surface area contributed by atoms with Crippen LogP contribution in [0.4, 0.5) is 0 Å². The first kappa shape index (κ1) is 76.3. The summed E-state index contributed by atoms with van der Waals surface area (Å²) in [7, 11) is 0. The molecule has 11 atom stereocenters. The first-order valence-electron chi connectivity index (χ1n) is 33.2. The Labute approximate surface area is 503 Å². The third-order valence-electron chi connectivity index (χ3n) is 15.4. The van der Waals surface area contributed by atoms with Crippen LogP contribution in [0, 0.1) is 0 Å². The first-order chi connectivity index (χ1) is 40.6. The van der Waals surface area contributed by atoms with Crippen LogP contribution in [0.15, 0.2) is 85.1 Å². The third-order valence-corrected chi connectivity index (χ3v) is 15.4. The van der Waals surface area contributed by atoms with E-state index in [1.165, 1.54) is 135 Å². The third kappa shape index (κ3) is 40.3. The molecule has 0 aromatic heterocycles. The summed E-state index contributed by atoms with van der Waals surface area (Å²) >= 11 is 0. The molecule has 2 saturated heterocycles. The molecule has 0 amide bonds. The van der Waals surface area contributed by atoms with Crippen molar-refractivity contribution in [3.05, 3.63) is 85.1 Å². The van der Waals surface area contributed by atoms with E-state index in [4.69, 9.17) is 28.4 Å². The van der Waals surface area contributed by atoms with Crippen molar-refractivity contribution in [2.45, 2.75) is 313 Å². The van der Waals surface area contributed by atoms with Gasteiger partial charge in [0.1, 0.15) is 54.9 Å². The highest BCUT2D eigenvalue weighted by molar-refractivity contribution is 5.69. The van der Waals surface area contributed by atoms with Gasteiger partial charge in [0, 0.05) is 13.0 Å². The van der Waals surface area contributed by atoms with E-state index in [9.17, 15) is 40.5 Å². The molecule has 83 heavy (non-hydrogen) atoms. The maximum absolute atomic E-state index is 13.1. The Morgan fingerprint density at radius 2 is 0.783 bits per heavy atom. The van der Waals surface area contributed by atoms with Gasteiger partial charge in [0.15, 0.2) is 12.6 Å². The molecule has 14 nitrogen and oxygen atoms in total. The van der Waals surface area contributed by atoms with E-state index in [1.807, 2.05) is 0 Å². The van der Waals surface area contributed by atoms with Crippen LogP contribution < -0.4 is 0 Å². The number of aliphatic hydroxyl groups is 7. The number of ether oxygens (including phenoxy) is 6. The lowest BCUT2D eigenvalue weighted by atomic mass is 9.98. The molecule has 2 fully saturated rings. The highest BCUT2D eigenvalue weighted by atomic mass is 16.7. The average molecular weight is 1170 g/mol. The Bertz CT molecular complexity index is 1690. The fourth-order valence-corrected chi connectivity index (χ4v) is 10.2. The zero-order chi connectivity index (χ0) is 60.1. The molecule has 2 heterocycles. The lowest BCUT2D eigenvalue weighted by molar-refractivity contribution is -0.332. The number of carbonyl (C=O) groups excluding carboxylic acids is 1. The van der Waals surface area contributed by atoms with Gasteiger partial charge < -0.3 is 64.2 Å². The van der Waals surface area contributed by atoms with Crippen molar-refractivity contribution in [3.8, 4) is 0 Å². The lowest BCUT2D eigenvalue weighted by Gasteiger charge is -2.42. The van der Waals surface area contributed by atoms with Crippen molar-refractivity contribution < 1.29 is 69.0 Å². The minimum atomic E-state index is -1.72. The summed E-state index contributed by atoms with van der Waals surface area (Å²) < 4.78 is 34.4. The second-order valence-electron chi connectivity index (χ2n) is 22.9. The molecule has 0 saturated carbocycles. The molecule has 480 valence electrons. The van der Waals surface area contributed by atoms with Crippen LogP contribution in [-0.2, 0) is 33.2 Å². The van der Waals surface area contributed by atoms with Gasteiger partial charge in [-0.3, -0.25) is 4.79 Å². The molecule has 0 aromatic carbocycles. The van der Waals surface area contributed by atoms with Gasteiger partial charge in [-0.1, -0.05) is 253 Å². The summed E-state index contributed by atoms with van der Waals surface area (Å²) in [6, 6.07) is 0. The molecule has 0 radical (unpaired) electrons. The van der Waals surface area contributed by atoms with Gasteiger partial charge >= 0.3 is 5.97 Å². The van der Waals surface area contributed by atoms with Gasteiger partial charge in [-0.05, 0) is 70.6 Å². The molecule has 0 spiro atoms. The van der Waals surface area contributed by atoms with E-state index in [2.05, 4.69) is 98.9 Å². The highest BCUT2D eigenvalue weighted by Gasteiger charge is 2.47. The van der Waals surface area contributed by atoms with Crippen molar-refractivity contribution in [2.24, 2.45) is 0 Å². The van der Waals surface area contributed by atoms with E-state index < -0.39 is 80.7 Å². The summed E-state index contributed by atoms with van der Waals surface area (Å²) in [5.41, 5.74) is 0. The van der Waals surface area contributed by atoms with Gasteiger partial charge in [-0.15, -0.1) is 0 Å². The number of carbonyl (C=O) groups is 1. The summed E-state index contributed by atoms with van der Waals surface area (Å²) in [4.78, 5) is 13.1. The number of hydrogen-bond acceptors (Lipinski definition) is 14. The van der Waals surface area contributed by atoms with Gasteiger partial charge in [0.05, 0.1) is 26.4 Å². The molecule has 0 bridgehead atoms. The van der Waals surface area contributed by atoms with Crippen LogP contribution in [-0.4, -0.2) is 142 Å². The second-order valence-corrected chi connectivity index (χ2v) is 22.9. The topological polar surface area (TPSA) is 214 Å². The Morgan fingerprint density at radius 3 is 1.20 bits per heavy atom. The molecule has 14 heteroatoms. The lowest BCUT2D eigenvalue weighted by Crippen LogP contribution is -2.61. The van der Waals surface area contributed by atoms with E-state index in [-0.39, 0.29) is 25.6 Å². The molecule has 2 aliphatic heterocycles. The maximum atomic E-state index is 13.1. The van der Waals surface area contributed by atoms with E-state index in [0.717, 1.165) is 83.5 Å². The van der Waals surface area contributed by atoms with Gasteiger partial charge in [-0.2, -0.15) is 0 Å². The number of esters is 1. The van der Waals surface area contributed by atoms with Gasteiger partial charge in [-0.25, -0.2) is 0 Å². The van der Waals surface area contributed by atoms with Crippen molar-refractivity contribution in [3.63, 3.8) is 0 Å². The minimum Gasteiger partial charge on any atom is -0.457 e. The Hall–Kier alpha value is -2.83. The highest BCUT2D eigenvalue weighted by Crippen LogP contribution is 2.27. The van der Waals surface area contributed by atoms with Gasteiger partial charge in [0.25, 0.3) is 0 Å². The SMILES string of the molecule is CC/C=C\C/C=C\C/C=C\C/C=C\C/C=C\C/C=C\C/C=C\CCCCOCC(COC1OC(COC2OC(CO)C(O)C(O)C2O)C(O)C(O)C1O)OC(=O)CCCCCCCCCCCCCCCCCCCCCCCCCCC.